The highest BCUT2D eigenvalue weighted by atomic mass is 16.4. The Morgan fingerprint density at radius 3 is 2.18 bits per heavy atom. The summed E-state index contributed by atoms with van der Waals surface area (Å²) in [5, 5.41) is 9.01. The number of carbonyl (C=O) groups excluding carboxylic acids is 1. The first-order valence-electron chi connectivity index (χ1n) is 6.37. The molecule has 0 aromatic heterocycles. The fourth-order valence-corrected chi connectivity index (χ4v) is 3.27. The monoisotopic (exact) mass is 239 g/mol. The number of carbonyl (C=O) groups is 2. The number of carboxylic acids is 1. The Hall–Kier alpha value is -1.06. The first-order valence-corrected chi connectivity index (χ1v) is 6.37. The summed E-state index contributed by atoms with van der Waals surface area (Å²) in [4.78, 5) is 25.2. The van der Waals surface area contributed by atoms with Gasteiger partial charge in [-0.05, 0) is 39.0 Å². The van der Waals surface area contributed by atoms with E-state index in [0.29, 0.717) is 12.3 Å². The maximum absolute atomic E-state index is 12.4. The number of nitrogens with zero attached hydrogens (tertiary/aromatic N) is 1. The average molecular weight is 239 g/mol. The molecule has 17 heavy (non-hydrogen) atoms. The molecule has 1 aliphatic heterocycles. The van der Waals surface area contributed by atoms with Crippen LogP contribution in [-0.4, -0.2) is 34.0 Å². The van der Waals surface area contributed by atoms with E-state index in [0.717, 1.165) is 19.4 Å². The average Bonchev–Trinajstić information content (AvgIpc) is 2.35. The van der Waals surface area contributed by atoms with Gasteiger partial charge in [-0.15, -0.1) is 0 Å². The van der Waals surface area contributed by atoms with E-state index in [1.54, 1.807) is 0 Å². The standard InChI is InChI=1S/C13H21NO3/c1-8-6-13(2,3)14(7-8)11(15)9-4-5-10(9)12(16)17/h8-10H,4-7H2,1-3H3,(H,16,17). The fraction of sp³-hybridized carbons (Fsp3) is 0.846. The predicted molar refractivity (Wildman–Crippen MR) is 63.4 cm³/mol. The van der Waals surface area contributed by atoms with Crippen LogP contribution in [-0.2, 0) is 9.59 Å². The SMILES string of the molecule is CC1CN(C(=O)C2CCC2C(=O)O)C(C)(C)C1. The van der Waals surface area contributed by atoms with Crippen molar-refractivity contribution in [1.82, 2.24) is 4.90 Å². The molecule has 0 spiro atoms. The lowest BCUT2D eigenvalue weighted by atomic mass is 9.72. The van der Waals surface area contributed by atoms with Crippen molar-refractivity contribution in [3.8, 4) is 0 Å². The van der Waals surface area contributed by atoms with E-state index in [9.17, 15) is 9.59 Å². The number of carboxylic acid groups (broad SMARTS) is 1. The van der Waals surface area contributed by atoms with Crippen LogP contribution in [0.4, 0.5) is 0 Å². The lowest BCUT2D eigenvalue weighted by Gasteiger charge is -2.40. The van der Waals surface area contributed by atoms with Gasteiger partial charge in [0.25, 0.3) is 0 Å². The molecular formula is C13H21NO3. The summed E-state index contributed by atoms with van der Waals surface area (Å²) in [6.45, 7) is 7.06. The predicted octanol–water partition coefficient (Wildman–Crippen LogP) is 1.74. The molecule has 0 aromatic rings. The van der Waals surface area contributed by atoms with Crippen molar-refractivity contribution in [1.29, 1.82) is 0 Å². The number of rotatable bonds is 2. The molecule has 0 bridgehead atoms. The van der Waals surface area contributed by atoms with E-state index in [2.05, 4.69) is 20.8 Å². The molecular weight excluding hydrogens is 218 g/mol. The third-order valence-electron chi connectivity index (χ3n) is 4.25. The van der Waals surface area contributed by atoms with Crippen molar-refractivity contribution in [2.45, 2.75) is 45.6 Å². The highest BCUT2D eigenvalue weighted by Gasteiger charge is 2.48. The van der Waals surface area contributed by atoms with Gasteiger partial charge in [-0.25, -0.2) is 0 Å². The van der Waals surface area contributed by atoms with E-state index >= 15 is 0 Å². The minimum absolute atomic E-state index is 0.0537. The third-order valence-corrected chi connectivity index (χ3v) is 4.25. The Morgan fingerprint density at radius 1 is 1.24 bits per heavy atom. The van der Waals surface area contributed by atoms with Crippen LogP contribution in [0.1, 0.15) is 40.0 Å². The zero-order valence-corrected chi connectivity index (χ0v) is 10.8. The van der Waals surface area contributed by atoms with Gasteiger partial charge in [0, 0.05) is 12.1 Å². The van der Waals surface area contributed by atoms with Crippen LogP contribution in [0.15, 0.2) is 0 Å². The van der Waals surface area contributed by atoms with Gasteiger partial charge in [0.05, 0.1) is 11.8 Å². The van der Waals surface area contributed by atoms with Crippen LogP contribution >= 0.6 is 0 Å². The molecule has 1 amide bonds. The van der Waals surface area contributed by atoms with Gasteiger partial charge >= 0.3 is 5.97 Å². The largest absolute Gasteiger partial charge is 0.481 e. The minimum atomic E-state index is -0.820. The molecule has 0 aromatic carbocycles. The smallest absolute Gasteiger partial charge is 0.307 e. The summed E-state index contributed by atoms with van der Waals surface area (Å²) < 4.78 is 0. The van der Waals surface area contributed by atoms with Crippen molar-refractivity contribution in [3.05, 3.63) is 0 Å². The third kappa shape index (κ3) is 2.05. The molecule has 4 nitrogen and oxygen atoms in total. The zero-order valence-electron chi connectivity index (χ0n) is 10.8. The fourth-order valence-electron chi connectivity index (χ4n) is 3.27. The van der Waals surface area contributed by atoms with Gasteiger partial charge in [-0.2, -0.15) is 0 Å². The molecule has 96 valence electrons. The van der Waals surface area contributed by atoms with Crippen LogP contribution in [0.2, 0.25) is 0 Å². The normalized spacial score (nSPS) is 35.5. The zero-order chi connectivity index (χ0) is 12.8. The second-order valence-corrected chi connectivity index (χ2v) is 6.20. The summed E-state index contributed by atoms with van der Waals surface area (Å²) in [5.41, 5.74) is -0.116. The molecule has 1 saturated heterocycles. The summed E-state index contributed by atoms with van der Waals surface area (Å²) in [7, 11) is 0. The first-order chi connectivity index (χ1) is 7.83. The maximum atomic E-state index is 12.4. The number of hydrogen-bond donors (Lipinski definition) is 1. The molecule has 3 atom stereocenters. The number of hydrogen-bond acceptors (Lipinski definition) is 2. The Labute approximate surface area is 102 Å². The van der Waals surface area contributed by atoms with E-state index in [1.807, 2.05) is 4.90 Å². The second kappa shape index (κ2) is 4.00. The van der Waals surface area contributed by atoms with Gasteiger partial charge < -0.3 is 10.0 Å². The molecule has 1 heterocycles. The summed E-state index contributed by atoms with van der Waals surface area (Å²) >= 11 is 0. The van der Waals surface area contributed by atoms with Crippen molar-refractivity contribution < 1.29 is 14.7 Å². The molecule has 1 saturated carbocycles. The van der Waals surface area contributed by atoms with Crippen LogP contribution in [0, 0.1) is 17.8 Å². The Bertz CT molecular complexity index is 351. The Morgan fingerprint density at radius 2 is 1.82 bits per heavy atom. The van der Waals surface area contributed by atoms with Crippen LogP contribution in [0.25, 0.3) is 0 Å². The summed E-state index contributed by atoms with van der Waals surface area (Å²) in [6, 6.07) is 0. The Kier molecular flexibility index (Phi) is 2.92. The molecule has 1 aliphatic carbocycles. The second-order valence-electron chi connectivity index (χ2n) is 6.20. The van der Waals surface area contributed by atoms with Crippen LogP contribution < -0.4 is 0 Å². The lowest BCUT2D eigenvalue weighted by Crippen LogP contribution is -2.51. The maximum Gasteiger partial charge on any atom is 0.307 e. The van der Waals surface area contributed by atoms with Gasteiger partial charge in [0.2, 0.25) is 5.91 Å². The molecule has 2 fully saturated rings. The molecule has 4 heteroatoms. The van der Waals surface area contributed by atoms with Gasteiger partial charge in [0.1, 0.15) is 0 Å². The molecule has 3 unspecified atom stereocenters. The van der Waals surface area contributed by atoms with Crippen molar-refractivity contribution in [2.24, 2.45) is 17.8 Å². The first kappa shape index (κ1) is 12.4. The molecule has 0 radical (unpaired) electrons. The van der Waals surface area contributed by atoms with Crippen LogP contribution in [0.5, 0.6) is 0 Å². The number of likely N-dealkylation sites (tertiary alicyclic amines) is 1. The summed E-state index contributed by atoms with van der Waals surface area (Å²) in [6.07, 6.45) is 2.38. The van der Waals surface area contributed by atoms with Crippen molar-refractivity contribution >= 4 is 11.9 Å². The highest BCUT2D eigenvalue weighted by Crippen LogP contribution is 2.40. The van der Waals surface area contributed by atoms with E-state index in [1.165, 1.54) is 0 Å². The summed E-state index contributed by atoms with van der Waals surface area (Å²) in [5.74, 6) is -0.985. The molecule has 1 N–H and O–H groups in total. The van der Waals surface area contributed by atoms with Gasteiger partial charge in [0.15, 0.2) is 0 Å². The number of amides is 1. The van der Waals surface area contributed by atoms with Crippen molar-refractivity contribution in [3.63, 3.8) is 0 Å². The Balaban J connectivity index is 2.08. The highest BCUT2D eigenvalue weighted by molar-refractivity contribution is 5.87. The van der Waals surface area contributed by atoms with Gasteiger partial charge in [-0.3, -0.25) is 9.59 Å². The lowest BCUT2D eigenvalue weighted by molar-refractivity contribution is -0.158. The van der Waals surface area contributed by atoms with E-state index in [-0.39, 0.29) is 17.4 Å². The molecule has 2 rings (SSSR count). The topological polar surface area (TPSA) is 57.6 Å². The number of aliphatic carboxylic acids is 1. The van der Waals surface area contributed by atoms with Crippen molar-refractivity contribution in [2.75, 3.05) is 6.54 Å². The molecule has 2 aliphatic rings. The van der Waals surface area contributed by atoms with E-state index < -0.39 is 11.9 Å². The minimum Gasteiger partial charge on any atom is -0.481 e. The van der Waals surface area contributed by atoms with E-state index in [4.69, 9.17) is 5.11 Å². The quantitative estimate of drug-likeness (QED) is 0.798. The van der Waals surface area contributed by atoms with Crippen LogP contribution in [0.3, 0.4) is 0 Å². The van der Waals surface area contributed by atoms with Gasteiger partial charge in [-0.1, -0.05) is 6.92 Å².